The fourth-order valence-electron chi connectivity index (χ4n) is 1.53. The number of carbonyl (C=O) groups is 1. The van der Waals surface area contributed by atoms with Crippen molar-refractivity contribution in [3.63, 3.8) is 0 Å². The minimum absolute atomic E-state index is 0.176. The molecule has 0 radical (unpaired) electrons. The Hall–Kier alpha value is -2.34. The molecule has 0 aliphatic rings. The minimum Gasteiger partial charge on any atom is -0.325 e. The van der Waals surface area contributed by atoms with E-state index >= 15 is 0 Å². The Labute approximate surface area is 108 Å². The molecule has 1 heterocycles. The van der Waals surface area contributed by atoms with Crippen molar-refractivity contribution in [3.8, 4) is 0 Å². The van der Waals surface area contributed by atoms with E-state index in [1.807, 2.05) is 0 Å². The molecule has 0 aliphatic heterocycles. The van der Waals surface area contributed by atoms with Crippen molar-refractivity contribution < 1.29 is 13.6 Å². The van der Waals surface area contributed by atoms with E-state index in [1.165, 1.54) is 24.4 Å². The first-order valence-electron chi connectivity index (χ1n) is 5.52. The maximum absolute atomic E-state index is 13.4. The summed E-state index contributed by atoms with van der Waals surface area (Å²) in [6.07, 6.45) is 1.41. The topological polar surface area (TPSA) is 68.0 Å². The lowest BCUT2D eigenvalue weighted by Gasteiger charge is -2.08. The molecule has 19 heavy (non-hydrogen) atoms. The van der Waals surface area contributed by atoms with E-state index in [9.17, 15) is 13.6 Å². The molecule has 6 heteroatoms. The number of benzene rings is 1. The van der Waals surface area contributed by atoms with Crippen LogP contribution in [0.4, 0.5) is 14.5 Å². The van der Waals surface area contributed by atoms with E-state index in [1.54, 1.807) is 0 Å². The second-order valence-corrected chi connectivity index (χ2v) is 3.79. The third-order valence-corrected chi connectivity index (χ3v) is 2.49. The molecular weight excluding hydrogens is 252 g/mol. The number of nitrogens with zero attached hydrogens (tertiary/aromatic N) is 1. The number of nitrogens with one attached hydrogen (secondary N) is 1. The molecule has 98 valence electrons. The van der Waals surface area contributed by atoms with Gasteiger partial charge in [0.25, 0.3) is 5.91 Å². The van der Waals surface area contributed by atoms with Gasteiger partial charge in [-0.15, -0.1) is 0 Å². The number of anilines is 1. The summed E-state index contributed by atoms with van der Waals surface area (Å²) >= 11 is 0. The number of nitrogens with two attached hydrogens (primary N) is 1. The van der Waals surface area contributed by atoms with Crippen LogP contribution < -0.4 is 11.1 Å². The fourth-order valence-corrected chi connectivity index (χ4v) is 1.53. The van der Waals surface area contributed by atoms with Crippen molar-refractivity contribution in [2.75, 3.05) is 5.32 Å². The number of hydrogen-bond donors (Lipinski definition) is 2. The van der Waals surface area contributed by atoms with Crippen molar-refractivity contribution in [2.45, 2.75) is 6.54 Å². The van der Waals surface area contributed by atoms with E-state index in [0.717, 1.165) is 12.1 Å². The highest BCUT2D eigenvalue weighted by atomic mass is 19.1. The Bertz CT molecular complexity index is 596. The van der Waals surface area contributed by atoms with Crippen LogP contribution in [0.2, 0.25) is 0 Å². The number of pyridine rings is 1. The molecule has 2 rings (SSSR count). The summed E-state index contributed by atoms with van der Waals surface area (Å²) in [5.41, 5.74) is 5.68. The molecule has 0 atom stereocenters. The number of halogens is 2. The van der Waals surface area contributed by atoms with Crippen LogP contribution >= 0.6 is 0 Å². The van der Waals surface area contributed by atoms with Crippen LogP contribution in [0.5, 0.6) is 0 Å². The summed E-state index contributed by atoms with van der Waals surface area (Å²) in [5.74, 6) is -2.29. The van der Waals surface area contributed by atoms with Gasteiger partial charge in [-0.3, -0.25) is 9.78 Å². The number of rotatable bonds is 3. The molecular formula is C13H11F2N3O. The van der Waals surface area contributed by atoms with Crippen molar-refractivity contribution >= 4 is 11.6 Å². The molecule has 0 bridgehead atoms. The summed E-state index contributed by atoms with van der Waals surface area (Å²) in [6, 6.07) is 6.26. The van der Waals surface area contributed by atoms with E-state index in [2.05, 4.69) is 10.3 Å². The highest BCUT2D eigenvalue weighted by Crippen LogP contribution is 2.18. The zero-order valence-corrected chi connectivity index (χ0v) is 9.86. The number of hydrogen-bond acceptors (Lipinski definition) is 3. The van der Waals surface area contributed by atoms with E-state index in [0.29, 0.717) is 5.69 Å². The average molecular weight is 263 g/mol. The Morgan fingerprint density at radius 1 is 1.26 bits per heavy atom. The molecule has 1 amide bonds. The molecule has 1 aromatic heterocycles. The molecule has 0 spiro atoms. The van der Waals surface area contributed by atoms with Crippen LogP contribution in [0.25, 0.3) is 0 Å². The van der Waals surface area contributed by atoms with Gasteiger partial charge in [-0.1, -0.05) is 6.07 Å². The van der Waals surface area contributed by atoms with Crippen molar-refractivity contribution in [1.82, 2.24) is 4.98 Å². The highest BCUT2D eigenvalue weighted by molar-refractivity contribution is 6.04. The van der Waals surface area contributed by atoms with E-state index < -0.39 is 23.2 Å². The first-order valence-corrected chi connectivity index (χ1v) is 5.52. The zero-order valence-electron chi connectivity index (χ0n) is 9.86. The molecule has 0 aliphatic carbocycles. The van der Waals surface area contributed by atoms with Crippen molar-refractivity contribution in [2.24, 2.45) is 5.73 Å². The molecule has 1 aromatic carbocycles. The lowest BCUT2D eigenvalue weighted by Crippen LogP contribution is -2.15. The quantitative estimate of drug-likeness (QED) is 0.890. The summed E-state index contributed by atoms with van der Waals surface area (Å²) in [6.45, 7) is 0.176. The van der Waals surface area contributed by atoms with Crippen LogP contribution in [0, 0.1) is 11.6 Å². The normalized spacial score (nSPS) is 10.3. The molecule has 0 unspecified atom stereocenters. The van der Waals surface area contributed by atoms with Crippen LogP contribution in [0.3, 0.4) is 0 Å². The van der Waals surface area contributed by atoms with Gasteiger partial charge < -0.3 is 11.1 Å². The van der Waals surface area contributed by atoms with Crippen molar-refractivity contribution in [1.29, 1.82) is 0 Å². The second kappa shape index (κ2) is 5.53. The largest absolute Gasteiger partial charge is 0.325 e. The fraction of sp³-hybridized carbons (Fsp3) is 0.0769. The van der Waals surface area contributed by atoms with Gasteiger partial charge in [0.15, 0.2) is 0 Å². The van der Waals surface area contributed by atoms with Crippen LogP contribution in [0.15, 0.2) is 36.5 Å². The molecule has 3 N–H and O–H groups in total. The van der Waals surface area contributed by atoms with Gasteiger partial charge in [-0.25, -0.2) is 8.78 Å². The van der Waals surface area contributed by atoms with Gasteiger partial charge in [-0.2, -0.15) is 0 Å². The van der Waals surface area contributed by atoms with E-state index in [-0.39, 0.29) is 12.1 Å². The van der Waals surface area contributed by atoms with Gasteiger partial charge >= 0.3 is 0 Å². The third kappa shape index (κ3) is 2.92. The number of carbonyl (C=O) groups excluding carboxylic acids is 1. The Morgan fingerprint density at radius 3 is 2.58 bits per heavy atom. The minimum atomic E-state index is -0.832. The van der Waals surface area contributed by atoms with Crippen LogP contribution in [0.1, 0.15) is 16.1 Å². The smallest absolute Gasteiger partial charge is 0.255 e. The van der Waals surface area contributed by atoms with Gasteiger partial charge in [0, 0.05) is 18.3 Å². The van der Waals surface area contributed by atoms with Gasteiger partial charge in [0.1, 0.15) is 17.3 Å². The van der Waals surface area contributed by atoms with Crippen molar-refractivity contribution in [3.05, 3.63) is 59.4 Å². The SMILES string of the molecule is NCc1cc(C(=O)Nc2c(F)cccc2F)ccn1. The molecule has 0 saturated heterocycles. The second-order valence-electron chi connectivity index (χ2n) is 3.79. The number of para-hydroxylation sites is 1. The molecule has 0 saturated carbocycles. The lowest BCUT2D eigenvalue weighted by atomic mass is 10.2. The van der Waals surface area contributed by atoms with Gasteiger partial charge in [0.05, 0.1) is 5.69 Å². The molecule has 0 fully saturated rings. The van der Waals surface area contributed by atoms with E-state index in [4.69, 9.17) is 5.73 Å². The Balaban J connectivity index is 2.25. The number of aromatic nitrogens is 1. The third-order valence-electron chi connectivity index (χ3n) is 2.49. The summed E-state index contributed by atoms with van der Waals surface area (Å²) in [7, 11) is 0. The lowest BCUT2D eigenvalue weighted by molar-refractivity contribution is 0.102. The molecule has 2 aromatic rings. The molecule has 4 nitrogen and oxygen atoms in total. The summed E-state index contributed by atoms with van der Waals surface area (Å²) in [4.78, 5) is 15.8. The maximum Gasteiger partial charge on any atom is 0.255 e. The predicted molar refractivity (Wildman–Crippen MR) is 66.4 cm³/mol. The first kappa shape index (κ1) is 13.1. The highest BCUT2D eigenvalue weighted by Gasteiger charge is 2.13. The van der Waals surface area contributed by atoms with Crippen LogP contribution in [-0.4, -0.2) is 10.9 Å². The maximum atomic E-state index is 13.4. The van der Waals surface area contributed by atoms with Gasteiger partial charge in [-0.05, 0) is 24.3 Å². The first-order chi connectivity index (χ1) is 9.11. The summed E-state index contributed by atoms with van der Waals surface area (Å²) in [5, 5.41) is 2.19. The average Bonchev–Trinajstić information content (AvgIpc) is 2.43. The van der Waals surface area contributed by atoms with Crippen LogP contribution in [-0.2, 0) is 6.54 Å². The van der Waals surface area contributed by atoms with Gasteiger partial charge in [0.2, 0.25) is 0 Å². The number of amides is 1. The predicted octanol–water partition coefficient (Wildman–Crippen LogP) is 2.07. The summed E-state index contributed by atoms with van der Waals surface area (Å²) < 4.78 is 26.8. The monoisotopic (exact) mass is 263 g/mol. The Morgan fingerprint density at radius 2 is 1.95 bits per heavy atom. The standard InChI is InChI=1S/C13H11F2N3O/c14-10-2-1-3-11(15)12(10)18-13(19)8-4-5-17-9(6-8)7-16/h1-6H,7,16H2,(H,18,19). The Kier molecular flexibility index (Phi) is 3.82. The zero-order chi connectivity index (χ0) is 13.8.